The molecule has 2 heterocycles. The van der Waals surface area contributed by atoms with Gasteiger partial charge in [0, 0.05) is 18.7 Å². The van der Waals surface area contributed by atoms with Gasteiger partial charge in [0.25, 0.3) is 0 Å². The summed E-state index contributed by atoms with van der Waals surface area (Å²) in [6, 6.07) is 13.9. The molecule has 0 aliphatic carbocycles. The number of carbonyl (C=O) groups is 1. The van der Waals surface area contributed by atoms with Gasteiger partial charge in [-0.05, 0) is 54.2 Å². The lowest BCUT2D eigenvalue weighted by Gasteiger charge is -2.31. The van der Waals surface area contributed by atoms with Gasteiger partial charge in [-0.25, -0.2) is 13.2 Å². The Kier molecular flexibility index (Phi) is 5.69. The summed E-state index contributed by atoms with van der Waals surface area (Å²) < 4.78 is 32.5. The second-order valence-electron chi connectivity index (χ2n) is 7.26. The lowest BCUT2D eigenvalue weighted by molar-refractivity contribution is 0.0697. The van der Waals surface area contributed by atoms with E-state index in [1.807, 2.05) is 18.2 Å². The number of furan rings is 1. The summed E-state index contributed by atoms with van der Waals surface area (Å²) in [5, 5.41) is 9.22. The normalized spacial score (nSPS) is 15.9. The Bertz CT molecular complexity index is 1150. The predicted molar refractivity (Wildman–Crippen MR) is 113 cm³/mol. The van der Waals surface area contributed by atoms with Gasteiger partial charge in [0.05, 0.1) is 28.0 Å². The van der Waals surface area contributed by atoms with E-state index >= 15 is 0 Å². The van der Waals surface area contributed by atoms with E-state index in [1.165, 1.54) is 22.0 Å². The molecule has 30 heavy (non-hydrogen) atoms. The van der Waals surface area contributed by atoms with E-state index in [2.05, 4.69) is 12.1 Å². The van der Waals surface area contributed by atoms with Crippen LogP contribution in [0.1, 0.15) is 34.7 Å². The molecule has 0 radical (unpaired) electrons. The van der Waals surface area contributed by atoms with Crippen molar-refractivity contribution in [3.05, 3.63) is 77.2 Å². The van der Waals surface area contributed by atoms with Gasteiger partial charge in [0.1, 0.15) is 0 Å². The molecule has 0 bridgehead atoms. The molecule has 3 aromatic rings. The summed E-state index contributed by atoms with van der Waals surface area (Å²) in [5.74, 6) is -0.982. The van der Waals surface area contributed by atoms with Crippen LogP contribution in [-0.4, -0.2) is 36.9 Å². The number of aromatic carboxylic acids is 1. The molecular weight excluding hydrogens is 426 g/mol. The summed E-state index contributed by atoms with van der Waals surface area (Å²) >= 11 is 5.86. The van der Waals surface area contributed by atoms with Crippen molar-refractivity contribution in [2.45, 2.75) is 23.7 Å². The summed E-state index contributed by atoms with van der Waals surface area (Å²) in [6.07, 6.45) is 4.73. The smallest absolute Gasteiger partial charge is 0.337 e. The van der Waals surface area contributed by atoms with Crippen molar-refractivity contribution in [3.8, 4) is 11.1 Å². The first kappa shape index (κ1) is 20.7. The molecule has 8 heteroatoms. The SMILES string of the molecule is O=C(O)c1cc(S(=O)(=O)N2CCC(c3ccc(-c4ccoc4)cc3)CC2)ccc1Cl. The van der Waals surface area contributed by atoms with Gasteiger partial charge in [0.15, 0.2) is 0 Å². The quantitative estimate of drug-likeness (QED) is 0.605. The minimum absolute atomic E-state index is 0.0130. The third-order valence-corrected chi connectivity index (χ3v) is 7.72. The van der Waals surface area contributed by atoms with E-state index in [4.69, 9.17) is 16.0 Å². The highest BCUT2D eigenvalue weighted by atomic mass is 35.5. The van der Waals surface area contributed by atoms with Crippen LogP contribution in [0.5, 0.6) is 0 Å². The molecule has 2 aromatic carbocycles. The van der Waals surface area contributed by atoms with Gasteiger partial charge in [0.2, 0.25) is 10.0 Å². The highest BCUT2D eigenvalue weighted by Crippen LogP contribution is 2.32. The Hall–Kier alpha value is -2.61. The molecule has 1 saturated heterocycles. The average Bonchev–Trinajstić information content (AvgIpc) is 3.29. The maximum Gasteiger partial charge on any atom is 0.337 e. The third-order valence-electron chi connectivity index (χ3n) is 5.50. The Morgan fingerprint density at radius 3 is 2.33 bits per heavy atom. The molecule has 0 saturated carbocycles. The van der Waals surface area contributed by atoms with Crippen LogP contribution < -0.4 is 0 Å². The Morgan fingerprint density at radius 2 is 1.73 bits per heavy atom. The number of halogens is 1. The summed E-state index contributed by atoms with van der Waals surface area (Å²) in [6.45, 7) is 0.753. The summed E-state index contributed by atoms with van der Waals surface area (Å²) in [5.41, 5.74) is 3.06. The van der Waals surface area contributed by atoms with Crippen molar-refractivity contribution < 1.29 is 22.7 Å². The lowest BCUT2D eigenvalue weighted by atomic mass is 9.89. The van der Waals surface area contributed by atoms with Crippen LogP contribution in [0, 0.1) is 0 Å². The van der Waals surface area contributed by atoms with Crippen molar-refractivity contribution in [1.82, 2.24) is 4.31 Å². The molecule has 1 aliphatic heterocycles. The number of hydrogen-bond donors (Lipinski definition) is 1. The van der Waals surface area contributed by atoms with Gasteiger partial charge in [-0.1, -0.05) is 35.9 Å². The number of piperidine rings is 1. The zero-order valence-electron chi connectivity index (χ0n) is 16.0. The molecule has 1 aromatic heterocycles. The van der Waals surface area contributed by atoms with Gasteiger partial charge in [-0.15, -0.1) is 0 Å². The van der Waals surface area contributed by atoms with Crippen molar-refractivity contribution >= 4 is 27.6 Å². The van der Waals surface area contributed by atoms with Crippen LogP contribution >= 0.6 is 11.6 Å². The molecule has 1 fully saturated rings. The number of carboxylic acid groups (broad SMARTS) is 1. The van der Waals surface area contributed by atoms with Crippen molar-refractivity contribution in [2.75, 3.05) is 13.1 Å². The van der Waals surface area contributed by atoms with Crippen LogP contribution in [0.25, 0.3) is 11.1 Å². The van der Waals surface area contributed by atoms with Gasteiger partial charge in [-0.3, -0.25) is 0 Å². The molecule has 0 spiro atoms. The maximum atomic E-state index is 13.0. The maximum absolute atomic E-state index is 13.0. The number of benzene rings is 2. The van der Waals surface area contributed by atoms with Crippen LogP contribution in [0.3, 0.4) is 0 Å². The molecule has 1 aliphatic rings. The molecule has 4 rings (SSSR count). The number of carboxylic acids is 1. The van der Waals surface area contributed by atoms with Crippen LogP contribution in [0.2, 0.25) is 5.02 Å². The van der Waals surface area contributed by atoms with E-state index < -0.39 is 16.0 Å². The second-order valence-corrected chi connectivity index (χ2v) is 9.60. The van der Waals surface area contributed by atoms with E-state index in [0.29, 0.717) is 25.9 Å². The Balaban J connectivity index is 1.46. The van der Waals surface area contributed by atoms with E-state index in [0.717, 1.165) is 17.2 Å². The number of hydrogen-bond acceptors (Lipinski definition) is 4. The molecule has 156 valence electrons. The van der Waals surface area contributed by atoms with E-state index in [1.54, 1.807) is 12.5 Å². The average molecular weight is 446 g/mol. The monoisotopic (exact) mass is 445 g/mol. The zero-order valence-corrected chi connectivity index (χ0v) is 17.6. The fraction of sp³-hybridized carbons (Fsp3) is 0.227. The summed E-state index contributed by atoms with van der Waals surface area (Å²) in [4.78, 5) is 11.2. The van der Waals surface area contributed by atoms with Crippen molar-refractivity contribution in [2.24, 2.45) is 0 Å². The predicted octanol–water partition coefficient (Wildman–Crippen LogP) is 4.87. The molecular formula is C22H20ClNO5S. The fourth-order valence-corrected chi connectivity index (χ4v) is 5.48. The first-order valence-electron chi connectivity index (χ1n) is 9.52. The first-order valence-corrected chi connectivity index (χ1v) is 11.3. The first-order chi connectivity index (χ1) is 14.4. The number of rotatable bonds is 5. The molecule has 0 amide bonds. The topological polar surface area (TPSA) is 87.8 Å². The molecule has 1 N–H and O–H groups in total. The lowest BCUT2D eigenvalue weighted by Crippen LogP contribution is -2.38. The Morgan fingerprint density at radius 1 is 1.03 bits per heavy atom. The minimum Gasteiger partial charge on any atom is -0.478 e. The van der Waals surface area contributed by atoms with Gasteiger partial charge >= 0.3 is 5.97 Å². The van der Waals surface area contributed by atoms with Crippen molar-refractivity contribution in [3.63, 3.8) is 0 Å². The highest BCUT2D eigenvalue weighted by molar-refractivity contribution is 7.89. The zero-order chi connectivity index (χ0) is 21.3. The van der Waals surface area contributed by atoms with Crippen molar-refractivity contribution in [1.29, 1.82) is 0 Å². The largest absolute Gasteiger partial charge is 0.478 e. The van der Waals surface area contributed by atoms with Crippen LogP contribution in [-0.2, 0) is 10.0 Å². The fourth-order valence-electron chi connectivity index (χ4n) is 3.78. The number of nitrogens with zero attached hydrogens (tertiary/aromatic N) is 1. The Labute approximate surface area is 179 Å². The van der Waals surface area contributed by atoms with Gasteiger partial charge < -0.3 is 9.52 Å². The molecule has 6 nitrogen and oxygen atoms in total. The summed E-state index contributed by atoms with van der Waals surface area (Å²) in [7, 11) is -3.78. The standard InChI is InChI=1S/C22H20ClNO5S/c23-21-6-5-19(13-20(21)22(25)26)30(27,28)24-10-7-17(8-11-24)15-1-3-16(4-2-15)18-9-12-29-14-18/h1-6,9,12-14,17H,7-8,10-11H2,(H,25,26). The molecule has 0 atom stereocenters. The van der Waals surface area contributed by atoms with Crippen LogP contribution in [0.15, 0.2) is 70.4 Å². The highest BCUT2D eigenvalue weighted by Gasteiger charge is 2.30. The van der Waals surface area contributed by atoms with Crippen LogP contribution in [0.4, 0.5) is 0 Å². The second kappa shape index (κ2) is 8.26. The molecule has 0 unspecified atom stereocenters. The third kappa shape index (κ3) is 4.01. The van der Waals surface area contributed by atoms with E-state index in [9.17, 15) is 18.3 Å². The van der Waals surface area contributed by atoms with Gasteiger partial charge in [-0.2, -0.15) is 4.31 Å². The number of sulfonamides is 1. The minimum atomic E-state index is -3.78. The van der Waals surface area contributed by atoms with E-state index in [-0.39, 0.29) is 21.4 Å².